The van der Waals surface area contributed by atoms with Gasteiger partial charge in [0.05, 0.1) is 10.9 Å². The highest BCUT2D eigenvalue weighted by molar-refractivity contribution is 5.99. The fraction of sp³-hybridized carbons (Fsp3) is 0. The molecule has 0 aliphatic carbocycles. The smallest absolute Gasteiger partial charge is 0.190 e. The molecule has 4 heteroatoms. The Bertz CT molecular complexity index is 1440. The molecule has 31 heavy (non-hydrogen) atoms. The Morgan fingerprint density at radius 1 is 0.581 bits per heavy atom. The summed E-state index contributed by atoms with van der Waals surface area (Å²) in [6, 6.07) is 27.2. The van der Waals surface area contributed by atoms with Crippen molar-refractivity contribution in [2.24, 2.45) is 0 Å². The van der Waals surface area contributed by atoms with Crippen LogP contribution in [0.3, 0.4) is 0 Å². The average molecular weight is 409 g/mol. The third-order valence-electron chi connectivity index (χ3n) is 5.35. The minimum Gasteiger partial charge on any atom is -0.354 e. The summed E-state index contributed by atoms with van der Waals surface area (Å²) in [6.45, 7) is 0. The highest BCUT2D eigenvalue weighted by atomic mass is 19.1. The zero-order valence-electron chi connectivity index (χ0n) is 16.4. The number of rotatable bonds is 3. The van der Waals surface area contributed by atoms with E-state index >= 15 is 0 Å². The van der Waals surface area contributed by atoms with Crippen LogP contribution in [0.15, 0.2) is 102 Å². The molecule has 0 radical (unpaired) electrons. The summed E-state index contributed by atoms with van der Waals surface area (Å²) >= 11 is 0. The zero-order chi connectivity index (χ0) is 21.4. The number of hydrogen-bond donors (Lipinski definition) is 1. The van der Waals surface area contributed by atoms with Crippen molar-refractivity contribution in [2.75, 3.05) is 0 Å². The number of aromatic amines is 1. The molecule has 1 heterocycles. The monoisotopic (exact) mass is 409 g/mol. The van der Waals surface area contributed by atoms with Gasteiger partial charge in [-0.15, -0.1) is 0 Å². The van der Waals surface area contributed by atoms with Gasteiger partial charge in [0.2, 0.25) is 0 Å². The minimum absolute atomic E-state index is 0.127. The fourth-order valence-electron chi connectivity index (χ4n) is 3.83. The van der Waals surface area contributed by atoms with Crippen LogP contribution in [0, 0.1) is 11.6 Å². The molecule has 1 N–H and O–H groups in total. The van der Waals surface area contributed by atoms with Gasteiger partial charge in [0.25, 0.3) is 0 Å². The molecular weight excluding hydrogens is 392 g/mol. The van der Waals surface area contributed by atoms with Gasteiger partial charge in [0, 0.05) is 11.8 Å². The molecule has 0 aliphatic rings. The second kappa shape index (κ2) is 7.65. The molecule has 5 aromatic rings. The standard InChI is InChI=1S/C27H17F2NO/c28-21-10-6-17(7-11-21)20-14-23(18-8-12-22(29)13-9-18)27-25(15-20)30-24(16-26(27)31)19-4-2-1-3-5-19/h1-16H,(H,30,31). The van der Waals surface area contributed by atoms with E-state index in [2.05, 4.69) is 4.98 Å². The van der Waals surface area contributed by atoms with Crippen LogP contribution in [-0.4, -0.2) is 4.98 Å². The van der Waals surface area contributed by atoms with Crippen LogP contribution in [0.2, 0.25) is 0 Å². The van der Waals surface area contributed by atoms with E-state index in [0.29, 0.717) is 22.2 Å². The molecule has 1 aromatic heterocycles. The first-order valence-electron chi connectivity index (χ1n) is 9.87. The molecular formula is C27H17F2NO. The molecule has 5 rings (SSSR count). The molecule has 0 saturated carbocycles. The van der Waals surface area contributed by atoms with Crippen molar-refractivity contribution in [3.8, 4) is 33.5 Å². The molecule has 0 saturated heterocycles. The van der Waals surface area contributed by atoms with Crippen molar-refractivity contribution in [1.82, 2.24) is 4.98 Å². The molecule has 0 unspecified atom stereocenters. The number of pyridine rings is 1. The Balaban J connectivity index is 1.81. The molecule has 0 spiro atoms. The lowest BCUT2D eigenvalue weighted by Gasteiger charge is -2.13. The van der Waals surface area contributed by atoms with Crippen molar-refractivity contribution in [2.45, 2.75) is 0 Å². The largest absolute Gasteiger partial charge is 0.354 e. The quantitative estimate of drug-likeness (QED) is 0.349. The van der Waals surface area contributed by atoms with Gasteiger partial charge in [-0.25, -0.2) is 8.78 Å². The maximum absolute atomic E-state index is 13.5. The summed E-state index contributed by atoms with van der Waals surface area (Å²) < 4.78 is 27.0. The fourth-order valence-corrected chi connectivity index (χ4v) is 3.83. The summed E-state index contributed by atoms with van der Waals surface area (Å²) in [5, 5.41) is 0.525. The summed E-state index contributed by atoms with van der Waals surface area (Å²) in [5.41, 5.74) is 5.21. The van der Waals surface area contributed by atoms with Crippen molar-refractivity contribution >= 4 is 10.9 Å². The van der Waals surface area contributed by atoms with Crippen LogP contribution >= 0.6 is 0 Å². The van der Waals surface area contributed by atoms with E-state index in [4.69, 9.17) is 0 Å². The Labute approximate surface area is 177 Å². The normalized spacial score (nSPS) is 11.0. The number of H-pyrrole nitrogens is 1. The van der Waals surface area contributed by atoms with Crippen LogP contribution in [0.4, 0.5) is 8.78 Å². The number of nitrogens with one attached hydrogen (secondary N) is 1. The molecule has 0 bridgehead atoms. The van der Waals surface area contributed by atoms with Gasteiger partial charge in [-0.2, -0.15) is 0 Å². The summed E-state index contributed by atoms with van der Waals surface area (Å²) in [5.74, 6) is -0.661. The van der Waals surface area contributed by atoms with Crippen LogP contribution in [0.25, 0.3) is 44.4 Å². The maximum atomic E-state index is 13.5. The van der Waals surface area contributed by atoms with E-state index < -0.39 is 0 Å². The van der Waals surface area contributed by atoms with Gasteiger partial charge < -0.3 is 4.98 Å². The first kappa shape index (κ1) is 18.9. The predicted octanol–water partition coefficient (Wildman–Crippen LogP) is 6.81. The van der Waals surface area contributed by atoms with Crippen molar-refractivity contribution in [3.63, 3.8) is 0 Å². The number of halogens is 2. The molecule has 150 valence electrons. The van der Waals surface area contributed by atoms with Gasteiger partial charge in [-0.1, -0.05) is 54.6 Å². The first-order valence-corrected chi connectivity index (χ1v) is 9.87. The summed E-state index contributed by atoms with van der Waals surface area (Å²) in [6.07, 6.45) is 0. The average Bonchev–Trinajstić information content (AvgIpc) is 2.80. The van der Waals surface area contributed by atoms with Gasteiger partial charge in [0.15, 0.2) is 5.43 Å². The van der Waals surface area contributed by atoms with Gasteiger partial charge in [-0.05, 0) is 64.2 Å². The second-order valence-electron chi connectivity index (χ2n) is 7.37. The summed E-state index contributed by atoms with van der Waals surface area (Å²) in [4.78, 5) is 16.6. The van der Waals surface area contributed by atoms with Gasteiger partial charge in [0.1, 0.15) is 11.6 Å². The highest BCUT2D eigenvalue weighted by Crippen LogP contribution is 2.33. The van der Waals surface area contributed by atoms with E-state index in [0.717, 1.165) is 22.3 Å². The Morgan fingerprint density at radius 3 is 1.84 bits per heavy atom. The summed E-state index contributed by atoms with van der Waals surface area (Å²) in [7, 11) is 0. The third-order valence-corrected chi connectivity index (χ3v) is 5.35. The van der Waals surface area contributed by atoms with Gasteiger partial charge >= 0.3 is 0 Å². The number of hydrogen-bond acceptors (Lipinski definition) is 1. The third kappa shape index (κ3) is 3.64. The van der Waals surface area contributed by atoms with E-state index in [9.17, 15) is 13.6 Å². The molecule has 0 amide bonds. The molecule has 0 fully saturated rings. The zero-order valence-corrected chi connectivity index (χ0v) is 16.4. The maximum Gasteiger partial charge on any atom is 0.190 e. The van der Waals surface area contributed by atoms with Crippen LogP contribution in [0.1, 0.15) is 0 Å². The lowest BCUT2D eigenvalue weighted by molar-refractivity contribution is 0.627. The van der Waals surface area contributed by atoms with E-state index in [-0.39, 0.29) is 17.1 Å². The van der Waals surface area contributed by atoms with Crippen LogP contribution < -0.4 is 5.43 Å². The van der Waals surface area contributed by atoms with Crippen LogP contribution in [0.5, 0.6) is 0 Å². The Hall–Kier alpha value is -4.05. The highest BCUT2D eigenvalue weighted by Gasteiger charge is 2.13. The SMILES string of the molecule is O=c1cc(-c2ccccc2)[nH]c2cc(-c3ccc(F)cc3)cc(-c3ccc(F)cc3)c12. The minimum atomic E-state index is -0.344. The first-order chi connectivity index (χ1) is 15.1. The Kier molecular flexibility index (Phi) is 4.68. The molecule has 4 aromatic carbocycles. The topological polar surface area (TPSA) is 32.9 Å². The molecule has 0 atom stereocenters. The van der Waals surface area contributed by atoms with E-state index in [1.165, 1.54) is 24.3 Å². The number of aromatic nitrogens is 1. The Morgan fingerprint density at radius 2 is 1.19 bits per heavy atom. The lowest BCUT2D eigenvalue weighted by atomic mass is 9.94. The predicted molar refractivity (Wildman–Crippen MR) is 121 cm³/mol. The lowest BCUT2D eigenvalue weighted by Crippen LogP contribution is -2.05. The molecule has 0 aliphatic heterocycles. The molecule has 2 nitrogen and oxygen atoms in total. The van der Waals surface area contributed by atoms with Crippen molar-refractivity contribution in [1.29, 1.82) is 0 Å². The second-order valence-corrected chi connectivity index (χ2v) is 7.37. The van der Waals surface area contributed by atoms with Crippen molar-refractivity contribution < 1.29 is 8.78 Å². The number of fused-ring (bicyclic) bond motifs is 1. The van der Waals surface area contributed by atoms with Crippen molar-refractivity contribution in [3.05, 3.63) is 119 Å². The number of benzene rings is 4. The van der Waals surface area contributed by atoms with E-state index in [1.807, 2.05) is 42.5 Å². The van der Waals surface area contributed by atoms with Crippen LogP contribution in [-0.2, 0) is 0 Å². The van der Waals surface area contributed by atoms with Gasteiger partial charge in [-0.3, -0.25) is 4.79 Å². The van der Waals surface area contributed by atoms with E-state index in [1.54, 1.807) is 30.3 Å².